The number of hydrogen-bond donors (Lipinski definition) is 2. The number of amides is 2. The topological polar surface area (TPSA) is 105 Å². The Morgan fingerprint density at radius 1 is 1.09 bits per heavy atom. The van der Waals surface area contributed by atoms with E-state index in [0.717, 1.165) is 18.4 Å². The van der Waals surface area contributed by atoms with E-state index in [1.807, 2.05) is 19.1 Å². The molecule has 2 aliphatic rings. The molecule has 2 N–H and O–H groups in total. The summed E-state index contributed by atoms with van der Waals surface area (Å²) >= 11 is 6.23. The number of nitrogens with one attached hydrogen (secondary N) is 2. The van der Waals surface area contributed by atoms with Crippen molar-refractivity contribution in [2.24, 2.45) is 5.92 Å². The summed E-state index contributed by atoms with van der Waals surface area (Å²) in [6.07, 6.45) is 1.87. The predicted molar refractivity (Wildman–Crippen MR) is 125 cm³/mol. The van der Waals surface area contributed by atoms with Crippen LogP contribution in [0.3, 0.4) is 0 Å². The minimum absolute atomic E-state index is 0.0161. The van der Waals surface area contributed by atoms with Crippen LogP contribution in [0.25, 0.3) is 0 Å². The van der Waals surface area contributed by atoms with Crippen molar-refractivity contribution in [2.75, 3.05) is 31.6 Å². The van der Waals surface area contributed by atoms with Gasteiger partial charge in [0, 0.05) is 24.7 Å². The van der Waals surface area contributed by atoms with Gasteiger partial charge in [-0.05, 0) is 55.7 Å². The summed E-state index contributed by atoms with van der Waals surface area (Å²) < 4.78 is 32.4. The van der Waals surface area contributed by atoms with Crippen molar-refractivity contribution in [1.82, 2.24) is 9.62 Å². The molecular formula is C23H26ClN3O5S. The molecule has 0 aromatic heterocycles. The molecule has 33 heavy (non-hydrogen) atoms. The summed E-state index contributed by atoms with van der Waals surface area (Å²) in [6.45, 7) is 3.01. The molecule has 8 nitrogen and oxygen atoms in total. The highest BCUT2D eigenvalue weighted by atomic mass is 35.5. The van der Waals surface area contributed by atoms with Crippen LogP contribution in [0.15, 0.2) is 47.4 Å². The van der Waals surface area contributed by atoms with Crippen LogP contribution in [0.2, 0.25) is 5.02 Å². The van der Waals surface area contributed by atoms with E-state index in [4.69, 9.17) is 16.3 Å². The fraction of sp³-hybridized carbons (Fsp3) is 0.391. The second kappa shape index (κ2) is 9.80. The average molecular weight is 492 g/mol. The summed E-state index contributed by atoms with van der Waals surface area (Å²) in [5, 5.41) is 5.91. The molecule has 0 bridgehead atoms. The first-order chi connectivity index (χ1) is 15.8. The molecule has 1 aliphatic heterocycles. The minimum atomic E-state index is -3.75. The van der Waals surface area contributed by atoms with Gasteiger partial charge >= 0.3 is 0 Å². The van der Waals surface area contributed by atoms with Gasteiger partial charge in [-0.3, -0.25) is 9.59 Å². The first-order valence-corrected chi connectivity index (χ1v) is 12.7. The number of sulfonamides is 1. The van der Waals surface area contributed by atoms with E-state index in [1.165, 1.54) is 22.5 Å². The number of carbonyl (C=O) groups is 2. The number of hydrogen-bond acceptors (Lipinski definition) is 5. The van der Waals surface area contributed by atoms with Crippen LogP contribution in [-0.2, 0) is 19.6 Å². The van der Waals surface area contributed by atoms with Crippen LogP contribution in [0.5, 0.6) is 0 Å². The van der Waals surface area contributed by atoms with Crippen LogP contribution in [0, 0.1) is 5.92 Å². The number of benzene rings is 2. The minimum Gasteiger partial charge on any atom is -0.379 e. The van der Waals surface area contributed by atoms with Gasteiger partial charge in [0.05, 0.1) is 34.7 Å². The van der Waals surface area contributed by atoms with Gasteiger partial charge in [-0.25, -0.2) is 8.42 Å². The van der Waals surface area contributed by atoms with Crippen LogP contribution in [0.1, 0.15) is 41.7 Å². The Labute approximate surface area is 198 Å². The smallest absolute Gasteiger partial charge is 0.253 e. The Balaban J connectivity index is 1.45. The van der Waals surface area contributed by atoms with Crippen molar-refractivity contribution < 1.29 is 22.7 Å². The second-order valence-corrected chi connectivity index (χ2v) is 10.6. The molecule has 2 aromatic rings. The SMILES string of the molecule is CC(NC(=O)c1cc(S(=O)(=O)N2CCOCC2)ccc1Cl)c1ccc(NC(=O)C2CC2)cc1. The Morgan fingerprint density at radius 3 is 2.39 bits per heavy atom. The molecule has 1 unspecified atom stereocenters. The lowest BCUT2D eigenvalue weighted by atomic mass is 10.1. The highest BCUT2D eigenvalue weighted by molar-refractivity contribution is 7.89. The summed E-state index contributed by atoms with van der Waals surface area (Å²) in [7, 11) is -3.75. The molecule has 1 saturated carbocycles. The van der Waals surface area contributed by atoms with Crippen molar-refractivity contribution in [3.8, 4) is 0 Å². The molecule has 4 rings (SSSR count). The second-order valence-electron chi connectivity index (χ2n) is 8.24. The molecule has 1 atom stereocenters. The lowest BCUT2D eigenvalue weighted by molar-refractivity contribution is -0.117. The molecule has 2 fully saturated rings. The van der Waals surface area contributed by atoms with Gasteiger partial charge in [-0.15, -0.1) is 0 Å². The maximum absolute atomic E-state index is 12.9. The lowest BCUT2D eigenvalue weighted by Crippen LogP contribution is -2.40. The number of nitrogens with zero attached hydrogens (tertiary/aromatic N) is 1. The van der Waals surface area contributed by atoms with E-state index in [-0.39, 0.29) is 46.4 Å². The number of ether oxygens (including phenoxy) is 1. The average Bonchev–Trinajstić information content (AvgIpc) is 3.66. The van der Waals surface area contributed by atoms with E-state index in [0.29, 0.717) is 18.9 Å². The Bertz CT molecular complexity index is 1140. The molecule has 2 amide bonds. The molecule has 2 aromatic carbocycles. The van der Waals surface area contributed by atoms with E-state index in [2.05, 4.69) is 10.6 Å². The van der Waals surface area contributed by atoms with Gasteiger partial charge in [-0.1, -0.05) is 23.7 Å². The third kappa shape index (κ3) is 5.55. The van der Waals surface area contributed by atoms with E-state index in [1.54, 1.807) is 12.1 Å². The molecule has 10 heteroatoms. The summed E-state index contributed by atoms with van der Waals surface area (Å²) in [6, 6.07) is 11.0. The zero-order valence-corrected chi connectivity index (χ0v) is 19.8. The van der Waals surface area contributed by atoms with Crippen LogP contribution in [-0.4, -0.2) is 50.8 Å². The largest absolute Gasteiger partial charge is 0.379 e. The number of halogens is 1. The van der Waals surface area contributed by atoms with E-state index in [9.17, 15) is 18.0 Å². The Kier molecular flexibility index (Phi) is 7.04. The van der Waals surface area contributed by atoms with E-state index >= 15 is 0 Å². The number of anilines is 1. The van der Waals surface area contributed by atoms with Crippen molar-refractivity contribution in [2.45, 2.75) is 30.7 Å². The van der Waals surface area contributed by atoms with Crippen molar-refractivity contribution >= 4 is 39.1 Å². The lowest BCUT2D eigenvalue weighted by Gasteiger charge is -2.26. The maximum atomic E-state index is 12.9. The standard InChI is InChI=1S/C23H26ClN3O5S/c1-15(16-4-6-18(7-5-16)26-22(28)17-2-3-17)25-23(29)20-14-19(8-9-21(20)24)33(30,31)27-10-12-32-13-11-27/h4-9,14-15,17H,2-3,10-13H2,1H3,(H,25,29)(H,26,28). The van der Waals surface area contributed by atoms with Crippen molar-refractivity contribution in [3.05, 3.63) is 58.6 Å². The molecule has 1 heterocycles. The number of morpholine rings is 1. The maximum Gasteiger partial charge on any atom is 0.253 e. The number of rotatable bonds is 7. The molecular weight excluding hydrogens is 466 g/mol. The highest BCUT2D eigenvalue weighted by Crippen LogP contribution is 2.30. The molecule has 1 saturated heterocycles. The summed E-state index contributed by atoms with van der Waals surface area (Å²) in [4.78, 5) is 24.8. The van der Waals surface area contributed by atoms with Gasteiger partial charge < -0.3 is 15.4 Å². The third-order valence-electron chi connectivity index (χ3n) is 5.76. The molecule has 0 radical (unpaired) electrons. The van der Waals surface area contributed by atoms with Gasteiger partial charge in [0.2, 0.25) is 15.9 Å². The zero-order valence-electron chi connectivity index (χ0n) is 18.2. The normalized spacial score (nSPS) is 17.9. The zero-order chi connectivity index (χ0) is 23.6. The van der Waals surface area contributed by atoms with Gasteiger partial charge in [-0.2, -0.15) is 4.31 Å². The predicted octanol–water partition coefficient (Wildman–Crippen LogP) is 3.20. The fourth-order valence-electron chi connectivity index (χ4n) is 3.58. The van der Waals surface area contributed by atoms with Crippen LogP contribution >= 0.6 is 11.6 Å². The van der Waals surface area contributed by atoms with Crippen LogP contribution < -0.4 is 10.6 Å². The monoisotopic (exact) mass is 491 g/mol. The van der Waals surface area contributed by atoms with Gasteiger partial charge in [0.15, 0.2) is 0 Å². The van der Waals surface area contributed by atoms with Gasteiger partial charge in [0.25, 0.3) is 5.91 Å². The van der Waals surface area contributed by atoms with Crippen molar-refractivity contribution in [3.63, 3.8) is 0 Å². The highest BCUT2D eigenvalue weighted by Gasteiger charge is 2.30. The van der Waals surface area contributed by atoms with Crippen molar-refractivity contribution in [1.29, 1.82) is 0 Å². The Morgan fingerprint density at radius 2 is 1.76 bits per heavy atom. The first-order valence-electron chi connectivity index (χ1n) is 10.8. The fourth-order valence-corrected chi connectivity index (χ4v) is 5.22. The third-order valence-corrected chi connectivity index (χ3v) is 7.99. The van der Waals surface area contributed by atoms with E-state index < -0.39 is 15.9 Å². The first kappa shape index (κ1) is 23.7. The summed E-state index contributed by atoms with van der Waals surface area (Å²) in [5.74, 6) is -0.321. The number of carbonyl (C=O) groups excluding carboxylic acids is 2. The van der Waals surface area contributed by atoms with Crippen LogP contribution in [0.4, 0.5) is 5.69 Å². The molecule has 1 aliphatic carbocycles. The van der Waals surface area contributed by atoms with Gasteiger partial charge in [0.1, 0.15) is 0 Å². The quantitative estimate of drug-likeness (QED) is 0.618. The Hall–Kier alpha value is -2.46. The molecule has 176 valence electrons. The molecule has 0 spiro atoms. The summed E-state index contributed by atoms with van der Waals surface area (Å²) in [5.41, 5.74) is 1.63.